The summed E-state index contributed by atoms with van der Waals surface area (Å²) >= 11 is 0. The molecule has 1 fully saturated rings. The standard InChI is InChI=1S/C17H25N3O4/c21-14(12-20-6-2-1-3-7-20)11-18-17(22)19-13-4-5-15-16(10-13)24-9-8-23-15/h4-5,10,14,21H,1-3,6-9,11-12H2,(H2,18,19,22)/t14-/m0/s1. The Bertz CT molecular complexity index is 561. The van der Waals surface area contributed by atoms with Gasteiger partial charge in [0.1, 0.15) is 13.2 Å². The van der Waals surface area contributed by atoms with Gasteiger partial charge in [0.05, 0.1) is 6.10 Å². The molecule has 132 valence electrons. The maximum Gasteiger partial charge on any atom is 0.319 e. The summed E-state index contributed by atoms with van der Waals surface area (Å²) in [7, 11) is 0. The van der Waals surface area contributed by atoms with Gasteiger partial charge < -0.3 is 30.1 Å². The lowest BCUT2D eigenvalue weighted by Gasteiger charge is -2.28. The zero-order valence-corrected chi connectivity index (χ0v) is 13.8. The van der Waals surface area contributed by atoms with Gasteiger partial charge in [-0.15, -0.1) is 0 Å². The van der Waals surface area contributed by atoms with Crippen LogP contribution < -0.4 is 20.1 Å². The molecule has 3 N–H and O–H groups in total. The topological polar surface area (TPSA) is 83.1 Å². The van der Waals surface area contributed by atoms with Crippen LogP contribution in [0.5, 0.6) is 11.5 Å². The lowest BCUT2D eigenvalue weighted by atomic mass is 10.1. The number of fused-ring (bicyclic) bond motifs is 1. The highest BCUT2D eigenvalue weighted by Gasteiger charge is 2.16. The lowest BCUT2D eigenvalue weighted by molar-refractivity contribution is 0.102. The Balaban J connectivity index is 1.42. The lowest BCUT2D eigenvalue weighted by Crippen LogP contribution is -2.42. The number of amides is 2. The van der Waals surface area contributed by atoms with E-state index in [0.717, 1.165) is 13.1 Å². The van der Waals surface area contributed by atoms with Gasteiger partial charge in [-0.05, 0) is 38.1 Å². The summed E-state index contributed by atoms with van der Waals surface area (Å²) in [4.78, 5) is 14.2. The first-order valence-corrected chi connectivity index (χ1v) is 8.55. The van der Waals surface area contributed by atoms with Crippen molar-refractivity contribution in [3.05, 3.63) is 18.2 Å². The number of nitrogens with zero attached hydrogens (tertiary/aromatic N) is 1. The van der Waals surface area contributed by atoms with Crippen molar-refractivity contribution in [2.24, 2.45) is 0 Å². The Labute approximate surface area is 141 Å². The van der Waals surface area contributed by atoms with Crippen molar-refractivity contribution in [2.45, 2.75) is 25.4 Å². The quantitative estimate of drug-likeness (QED) is 0.758. The fourth-order valence-electron chi connectivity index (χ4n) is 3.01. The van der Waals surface area contributed by atoms with E-state index in [9.17, 15) is 9.90 Å². The molecule has 2 heterocycles. The Kier molecular flexibility index (Phi) is 5.77. The minimum Gasteiger partial charge on any atom is -0.486 e. The first-order valence-electron chi connectivity index (χ1n) is 8.55. The van der Waals surface area contributed by atoms with Gasteiger partial charge in [-0.25, -0.2) is 4.79 Å². The summed E-state index contributed by atoms with van der Waals surface area (Å²) in [5, 5.41) is 15.5. The molecule has 2 aliphatic rings. The Morgan fingerprint density at radius 3 is 2.71 bits per heavy atom. The molecule has 24 heavy (non-hydrogen) atoms. The van der Waals surface area contributed by atoms with E-state index in [4.69, 9.17) is 9.47 Å². The molecule has 1 atom stereocenters. The van der Waals surface area contributed by atoms with Gasteiger partial charge in [0, 0.05) is 24.8 Å². The molecule has 7 nitrogen and oxygen atoms in total. The van der Waals surface area contributed by atoms with Crippen molar-refractivity contribution in [1.82, 2.24) is 10.2 Å². The van der Waals surface area contributed by atoms with Gasteiger partial charge in [0.15, 0.2) is 11.5 Å². The molecular formula is C17H25N3O4. The van der Waals surface area contributed by atoms with Gasteiger partial charge in [-0.2, -0.15) is 0 Å². The SMILES string of the molecule is O=C(NC[C@H](O)CN1CCCCC1)Nc1ccc2c(c1)OCCO2. The molecule has 1 aromatic carbocycles. The fourth-order valence-corrected chi connectivity index (χ4v) is 3.01. The van der Waals surface area contributed by atoms with Gasteiger partial charge in [-0.3, -0.25) is 0 Å². The summed E-state index contributed by atoms with van der Waals surface area (Å²) in [5.41, 5.74) is 0.627. The van der Waals surface area contributed by atoms with E-state index in [1.54, 1.807) is 18.2 Å². The summed E-state index contributed by atoms with van der Waals surface area (Å²) in [6, 6.07) is 4.93. The van der Waals surface area contributed by atoms with Gasteiger partial charge in [0.25, 0.3) is 0 Å². The smallest absolute Gasteiger partial charge is 0.319 e. The highest BCUT2D eigenvalue weighted by Crippen LogP contribution is 2.32. The number of aliphatic hydroxyl groups excluding tert-OH is 1. The van der Waals surface area contributed by atoms with E-state index in [1.807, 2.05) is 0 Å². The Hall–Kier alpha value is -1.99. The molecule has 0 unspecified atom stereocenters. The third-order valence-corrected chi connectivity index (χ3v) is 4.22. The number of rotatable bonds is 5. The molecule has 0 bridgehead atoms. The van der Waals surface area contributed by atoms with E-state index < -0.39 is 6.10 Å². The molecule has 0 saturated carbocycles. The molecular weight excluding hydrogens is 310 g/mol. The zero-order chi connectivity index (χ0) is 16.8. The molecule has 0 spiro atoms. The number of benzene rings is 1. The summed E-state index contributed by atoms with van der Waals surface area (Å²) in [6.07, 6.45) is 3.08. The molecule has 7 heteroatoms. The number of likely N-dealkylation sites (tertiary alicyclic amines) is 1. The van der Waals surface area contributed by atoms with Crippen molar-refractivity contribution >= 4 is 11.7 Å². The molecule has 2 aliphatic heterocycles. The van der Waals surface area contributed by atoms with Crippen LogP contribution in [0, 0.1) is 0 Å². The number of carbonyl (C=O) groups excluding carboxylic acids is 1. The number of β-amino-alcohol motifs (C(OH)–C–C–N with tert-alkyl or cyclic N) is 1. The minimum absolute atomic E-state index is 0.229. The van der Waals surface area contributed by atoms with Crippen LogP contribution in [0.25, 0.3) is 0 Å². The van der Waals surface area contributed by atoms with Crippen LogP contribution in [-0.4, -0.2) is 61.5 Å². The zero-order valence-electron chi connectivity index (χ0n) is 13.8. The normalized spacial score (nSPS) is 18.7. The van der Waals surface area contributed by atoms with E-state index in [-0.39, 0.29) is 12.6 Å². The second kappa shape index (κ2) is 8.21. The fraction of sp³-hybridized carbons (Fsp3) is 0.588. The van der Waals surface area contributed by atoms with Crippen molar-refractivity contribution in [3.8, 4) is 11.5 Å². The van der Waals surface area contributed by atoms with Crippen LogP contribution in [0.1, 0.15) is 19.3 Å². The summed E-state index contributed by atoms with van der Waals surface area (Å²) in [5.74, 6) is 1.31. The van der Waals surface area contributed by atoms with Crippen molar-refractivity contribution in [3.63, 3.8) is 0 Å². The molecule has 3 rings (SSSR count). The van der Waals surface area contributed by atoms with Crippen molar-refractivity contribution in [2.75, 3.05) is 44.7 Å². The maximum atomic E-state index is 12.0. The third kappa shape index (κ3) is 4.75. The molecule has 1 aromatic rings. The average molecular weight is 335 g/mol. The van der Waals surface area contributed by atoms with Crippen LogP contribution in [-0.2, 0) is 0 Å². The predicted octanol–water partition coefficient (Wildman–Crippen LogP) is 1.43. The predicted molar refractivity (Wildman–Crippen MR) is 90.8 cm³/mol. The number of nitrogens with one attached hydrogen (secondary N) is 2. The van der Waals surface area contributed by atoms with E-state index in [0.29, 0.717) is 36.9 Å². The minimum atomic E-state index is -0.561. The Morgan fingerprint density at radius 1 is 1.17 bits per heavy atom. The van der Waals surface area contributed by atoms with E-state index in [2.05, 4.69) is 15.5 Å². The third-order valence-electron chi connectivity index (χ3n) is 4.22. The first-order chi connectivity index (χ1) is 11.7. The molecule has 0 radical (unpaired) electrons. The number of hydrogen-bond donors (Lipinski definition) is 3. The van der Waals surface area contributed by atoms with Crippen molar-refractivity contribution in [1.29, 1.82) is 0 Å². The number of carbonyl (C=O) groups is 1. The van der Waals surface area contributed by atoms with Gasteiger partial charge >= 0.3 is 6.03 Å². The monoisotopic (exact) mass is 335 g/mol. The van der Waals surface area contributed by atoms with Gasteiger partial charge in [-0.1, -0.05) is 6.42 Å². The maximum absolute atomic E-state index is 12.0. The highest BCUT2D eigenvalue weighted by molar-refractivity contribution is 5.89. The molecule has 1 saturated heterocycles. The molecule has 0 aromatic heterocycles. The number of piperidine rings is 1. The van der Waals surface area contributed by atoms with Crippen LogP contribution in [0.2, 0.25) is 0 Å². The second-order valence-electron chi connectivity index (χ2n) is 6.21. The number of urea groups is 1. The van der Waals surface area contributed by atoms with Crippen LogP contribution in [0.15, 0.2) is 18.2 Å². The average Bonchev–Trinajstić information content (AvgIpc) is 2.61. The first kappa shape index (κ1) is 16.9. The molecule has 2 amide bonds. The van der Waals surface area contributed by atoms with Gasteiger partial charge in [0.2, 0.25) is 0 Å². The number of anilines is 1. The van der Waals surface area contributed by atoms with Crippen LogP contribution in [0.3, 0.4) is 0 Å². The van der Waals surface area contributed by atoms with Crippen LogP contribution in [0.4, 0.5) is 10.5 Å². The number of aliphatic hydroxyl groups is 1. The van der Waals surface area contributed by atoms with E-state index >= 15 is 0 Å². The summed E-state index contributed by atoms with van der Waals surface area (Å²) in [6.45, 7) is 3.93. The number of hydrogen-bond acceptors (Lipinski definition) is 5. The second-order valence-corrected chi connectivity index (χ2v) is 6.21. The Morgan fingerprint density at radius 2 is 1.92 bits per heavy atom. The summed E-state index contributed by atoms with van der Waals surface area (Å²) < 4.78 is 10.9. The van der Waals surface area contributed by atoms with Crippen molar-refractivity contribution < 1.29 is 19.4 Å². The number of ether oxygens (including phenoxy) is 2. The van der Waals surface area contributed by atoms with E-state index in [1.165, 1.54) is 19.3 Å². The molecule has 0 aliphatic carbocycles. The highest BCUT2D eigenvalue weighted by atomic mass is 16.6. The largest absolute Gasteiger partial charge is 0.486 e. The van der Waals surface area contributed by atoms with Crippen LogP contribution >= 0.6 is 0 Å².